The number of rotatable bonds is 4. The van der Waals surface area contributed by atoms with Crippen molar-refractivity contribution in [1.82, 2.24) is 9.97 Å². The minimum atomic E-state index is -0.485. The molecule has 0 bridgehead atoms. The second-order valence-corrected chi connectivity index (χ2v) is 4.13. The maximum absolute atomic E-state index is 13.4. The Labute approximate surface area is 115 Å². The van der Waals surface area contributed by atoms with Crippen LogP contribution in [0.4, 0.5) is 4.39 Å². The van der Waals surface area contributed by atoms with Crippen LogP contribution in [0.25, 0.3) is 11.4 Å². The van der Waals surface area contributed by atoms with Crippen molar-refractivity contribution in [2.45, 2.75) is 13.8 Å². The molecule has 2 rings (SSSR count). The molecule has 0 aliphatic carbocycles. The number of methoxy groups -OCH3 is 1. The second-order valence-electron chi connectivity index (χ2n) is 4.13. The summed E-state index contributed by atoms with van der Waals surface area (Å²) >= 11 is 0. The molecule has 0 saturated heterocycles. The average Bonchev–Trinajstić information content (AvgIpc) is 2.82. The van der Waals surface area contributed by atoms with Crippen LogP contribution in [-0.4, -0.2) is 29.7 Å². The van der Waals surface area contributed by atoms with Gasteiger partial charge in [0, 0.05) is 11.3 Å². The summed E-state index contributed by atoms with van der Waals surface area (Å²) in [6.07, 6.45) is 0. The monoisotopic (exact) mass is 278 g/mol. The Morgan fingerprint density at radius 3 is 2.85 bits per heavy atom. The summed E-state index contributed by atoms with van der Waals surface area (Å²) in [5, 5.41) is 0. The van der Waals surface area contributed by atoms with E-state index in [-0.39, 0.29) is 18.1 Å². The van der Waals surface area contributed by atoms with Crippen LogP contribution >= 0.6 is 0 Å². The molecule has 5 nitrogen and oxygen atoms in total. The number of esters is 1. The van der Waals surface area contributed by atoms with Gasteiger partial charge in [0.05, 0.1) is 13.7 Å². The molecule has 1 heterocycles. The lowest BCUT2D eigenvalue weighted by molar-refractivity contribution is 0.0519. The zero-order valence-electron chi connectivity index (χ0n) is 11.5. The second kappa shape index (κ2) is 5.73. The van der Waals surface area contributed by atoms with Crippen LogP contribution in [0.2, 0.25) is 0 Å². The lowest BCUT2D eigenvalue weighted by Crippen LogP contribution is -2.06. The van der Waals surface area contributed by atoms with Gasteiger partial charge in [0.2, 0.25) is 0 Å². The molecule has 106 valence electrons. The number of hydrogen-bond donors (Lipinski definition) is 1. The van der Waals surface area contributed by atoms with Gasteiger partial charge < -0.3 is 14.5 Å². The van der Waals surface area contributed by atoms with Crippen molar-refractivity contribution in [3.05, 3.63) is 35.4 Å². The Bertz CT molecular complexity index is 637. The minimum Gasteiger partial charge on any atom is -0.494 e. The van der Waals surface area contributed by atoms with Crippen LogP contribution in [0.1, 0.15) is 23.1 Å². The summed E-state index contributed by atoms with van der Waals surface area (Å²) in [5.74, 6) is -0.357. The number of hydrogen-bond acceptors (Lipinski definition) is 4. The van der Waals surface area contributed by atoms with Crippen molar-refractivity contribution >= 4 is 5.97 Å². The number of halogens is 1. The number of carbonyl (C=O) groups excluding carboxylic acids is 1. The molecule has 0 amide bonds. The number of carbonyl (C=O) groups is 1. The number of benzene rings is 1. The Morgan fingerprint density at radius 2 is 2.20 bits per heavy atom. The van der Waals surface area contributed by atoms with E-state index in [0.29, 0.717) is 17.1 Å². The number of H-pyrrole nitrogens is 1. The first-order chi connectivity index (χ1) is 9.56. The predicted octanol–water partition coefficient (Wildman–Crippen LogP) is 2.71. The van der Waals surface area contributed by atoms with Crippen molar-refractivity contribution in [2.75, 3.05) is 13.7 Å². The smallest absolute Gasteiger partial charge is 0.358 e. The highest BCUT2D eigenvalue weighted by Crippen LogP contribution is 2.25. The summed E-state index contributed by atoms with van der Waals surface area (Å²) in [6.45, 7) is 3.74. The van der Waals surface area contributed by atoms with E-state index in [4.69, 9.17) is 9.47 Å². The molecule has 1 aromatic carbocycles. The number of aromatic amines is 1. The number of aromatic nitrogens is 2. The molecule has 0 unspecified atom stereocenters. The van der Waals surface area contributed by atoms with Gasteiger partial charge in [0.1, 0.15) is 5.82 Å². The Kier molecular flexibility index (Phi) is 4.02. The van der Waals surface area contributed by atoms with Gasteiger partial charge >= 0.3 is 5.97 Å². The molecule has 0 spiro atoms. The molecule has 0 aliphatic heterocycles. The van der Waals surface area contributed by atoms with Crippen LogP contribution in [0.15, 0.2) is 18.2 Å². The number of nitrogens with one attached hydrogen (secondary N) is 1. The fourth-order valence-electron chi connectivity index (χ4n) is 1.80. The Hall–Kier alpha value is -2.37. The van der Waals surface area contributed by atoms with Crippen LogP contribution in [0.3, 0.4) is 0 Å². The maximum Gasteiger partial charge on any atom is 0.358 e. The van der Waals surface area contributed by atoms with E-state index in [1.807, 2.05) is 0 Å². The third-order valence-electron chi connectivity index (χ3n) is 2.78. The molecule has 0 aliphatic rings. The topological polar surface area (TPSA) is 64.2 Å². The number of aryl methyl sites for hydroxylation is 1. The summed E-state index contributed by atoms with van der Waals surface area (Å²) in [4.78, 5) is 18.9. The van der Waals surface area contributed by atoms with Gasteiger partial charge in [-0.25, -0.2) is 14.2 Å². The fraction of sp³-hybridized carbons (Fsp3) is 0.286. The molecule has 20 heavy (non-hydrogen) atoms. The molecule has 0 radical (unpaired) electrons. The fourth-order valence-corrected chi connectivity index (χ4v) is 1.80. The molecule has 1 N–H and O–H groups in total. The van der Waals surface area contributed by atoms with E-state index in [1.54, 1.807) is 19.9 Å². The molecule has 0 fully saturated rings. The highest BCUT2D eigenvalue weighted by atomic mass is 19.1. The van der Waals surface area contributed by atoms with Crippen LogP contribution < -0.4 is 4.74 Å². The Balaban J connectivity index is 2.39. The van der Waals surface area contributed by atoms with Crippen molar-refractivity contribution < 1.29 is 18.7 Å². The highest BCUT2D eigenvalue weighted by molar-refractivity contribution is 5.89. The summed E-state index contributed by atoms with van der Waals surface area (Å²) < 4.78 is 23.2. The SMILES string of the molecule is CCOC(=O)c1nc(-c2ccc(F)c(OC)c2)[nH]c1C. The third-order valence-corrected chi connectivity index (χ3v) is 2.78. The van der Waals surface area contributed by atoms with Gasteiger partial charge in [0.25, 0.3) is 0 Å². The zero-order valence-corrected chi connectivity index (χ0v) is 11.5. The first-order valence-electron chi connectivity index (χ1n) is 6.14. The van der Waals surface area contributed by atoms with E-state index in [0.717, 1.165) is 0 Å². The molecule has 0 saturated carbocycles. The van der Waals surface area contributed by atoms with Gasteiger partial charge in [-0.15, -0.1) is 0 Å². The number of imidazole rings is 1. The van der Waals surface area contributed by atoms with E-state index in [9.17, 15) is 9.18 Å². The van der Waals surface area contributed by atoms with E-state index in [2.05, 4.69) is 9.97 Å². The van der Waals surface area contributed by atoms with E-state index >= 15 is 0 Å². The first kappa shape index (κ1) is 14.0. The summed E-state index contributed by atoms with van der Waals surface area (Å²) in [7, 11) is 1.39. The standard InChI is InChI=1S/C14H15FN2O3/c1-4-20-14(18)12-8(2)16-13(17-12)9-5-6-10(15)11(7-9)19-3/h5-7H,4H2,1-3H3,(H,16,17). The lowest BCUT2D eigenvalue weighted by atomic mass is 10.2. The number of ether oxygens (including phenoxy) is 2. The largest absolute Gasteiger partial charge is 0.494 e. The third kappa shape index (κ3) is 2.64. The van der Waals surface area contributed by atoms with Gasteiger partial charge in [0.15, 0.2) is 17.3 Å². The van der Waals surface area contributed by atoms with Crippen molar-refractivity contribution in [1.29, 1.82) is 0 Å². The molecule has 6 heteroatoms. The van der Waals surface area contributed by atoms with Gasteiger partial charge in [-0.3, -0.25) is 0 Å². The predicted molar refractivity (Wildman–Crippen MR) is 71.2 cm³/mol. The van der Waals surface area contributed by atoms with Crippen LogP contribution in [-0.2, 0) is 4.74 Å². The van der Waals surface area contributed by atoms with Gasteiger partial charge in [-0.2, -0.15) is 0 Å². The molecular weight excluding hydrogens is 263 g/mol. The summed E-state index contributed by atoms with van der Waals surface area (Å²) in [5.41, 5.74) is 1.45. The van der Waals surface area contributed by atoms with Crippen molar-refractivity contribution in [2.24, 2.45) is 0 Å². The normalized spacial score (nSPS) is 10.4. The quantitative estimate of drug-likeness (QED) is 0.873. The first-order valence-corrected chi connectivity index (χ1v) is 6.14. The number of nitrogens with zero attached hydrogens (tertiary/aromatic N) is 1. The lowest BCUT2D eigenvalue weighted by Gasteiger charge is -2.03. The van der Waals surface area contributed by atoms with Gasteiger partial charge in [-0.05, 0) is 32.0 Å². The molecular formula is C14H15FN2O3. The minimum absolute atomic E-state index is 0.120. The van der Waals surface area contributed by atoms with Crippen LogP contribution in [0.5, 0.6) is 5.75 Å². The maximum atomic E-state index is 13.4. The highest BCUT2D eigenvalue weighted by Gasteiger charge is 2.17. The van der Waals surface area contributed by atoms with Crippen LogP contribution in [0, 0.1) is 12.7 Å². The van der Waals surface area contributed by atoms with Gasteiger partial charge in [-0.1, -0.05) is 0 Å². The summed E-state index contributed by atoms with van der Waals surface area (Å²) in [6, 6.07) is 4.36. The van der Waals surface area contributed by atoms with Crippen molar-refractivity contribution in [3.63, 3.8) is 0 Å². The average molecular weight is 278 g/mol. The van der Waals surface area contributed by atoms with Crippen molar-refractivity contribution in [3.8, 4) is 17.1 Å². The molecule has 0 atom stereocenters. The molecule has 1 aromatic heterocycles. The Morgan fingerprint density at radius 1 is 1.45 bits per heavy atom. The zero-order chi connectivity index (χ0) is 14.7. The molecule has 2 aromatic rings. The van der Waals surface area contributed by atoms with E-state index < -0.39 is 11.8 Å². The van der Waals surface area contributed by atoms with E-state index in [1.165, 1.54) is 19.2 Å².